The van der Waals surface area contributed by atoms with Crippen LogP contribution in [0, 0.1) is 0 Å². The lowest BCUT2D eigenvalue weighted by Gasteiger charge is -2.23. The molecule has 1 heterocycles. The van der Waals surface area contributed by atoms with Gasteiger partial charge < -0.3 is 11.1 Å². The van der Waals surface area contributed by atoms with Crippen molar-refractivity contribution < 1.29 is 14.4 Å². The summed E-state index contributed by atoms with van der Waals surface area (Å²) in [6.45, 7) is 3.96. The molecule has 1 aliphatic heterocycles. The van der Waals surface area contributed by atoms with E-state index in [1.807, 2.05) is 6.92 Å². The van der Waals surface area contributed by atoms with Crippen molar-refractivity contribution in [2.24, 2.45) is 5.73 Å². The van der Waals surface area contributed by atoms with Crippen LogP contribution in [-0.2, 0) is 4.79 Å². The van der Waals surface area contributed by atoms with Gasteiger partial charge in [0.25, 0.3) is 11.8 Å². The summed E-state index contributed by atoms with van der Waals surface area (Å²) in [5, 5.41) is 2.69. The van der Waals surface area contributed by atoms with Gasteiger partial charge in [0.15, 0.2) is 0 Å². The van der Waals surface area contributed by atoms with E-state index in [9.17, 15) is 14.4 Å². The van der Waals surface area contributed by atoms with Crippen LogP contribution in [0.5, 0.6) is 0 Å². The van der Waals surface area contributed by atoms with Gasteiger partial charge >= 0.3 is 0 Å². The molecule has 0 saturated carbocycles. The average Bonchev–Trinajstić information content (AvgIpc) is 2.72. The third-order valence-corrected chi connectivity index (χ3v) is 3.79. The minimum absolute atomic E-state index is 0. The topological polar surface area (TPSA) is 92.5 Å². The van der Waals surface area contributed by atoms with Crippen molar-refractivity contribution in [3.63, 3.8) is 0 Å². The maximum Gasteiger partial charge on any atom is 0.261 e. The fourth-order valence-corrected chi connectivity index (χ4v) is 2.56. The number of fused-ring (bicyclic) bond motifs is 1. The Balaban J connectivity index is 0.00000264. The first-order chi connectivity index (χ1) is 10.4. The van der Waals surface area contributed by atoms with Crippen molar-refractivity contribution in [1.29, 1.82) is 0 Å². The molecule has 1 aliphatic rings. The molecule has 2 rings (SSSR count). The van der Waals surface area contributed by atoms with Crippen molar-refractivity contribution in [3.05, 3.63) is 35.4 Å². The second-order valence-corrected chi connectivity index (χ2v) is 5.73. The number of carbonyl (C=O) groups excluding carboxylic acids is 3. The lowest BCUT2D eigenvalue weighted by atomic mass is 9.97. The van der Waals surface area contributed by atoms with E-state index in [1.165, 1.54) is 0 Å². The molecule has 1 aromatic carbocycles. The molecule has 1 atom stereocenters. The molecule has 0 spiro atoms. The van der Waals surface area contributed by atoms with E-state index in [0.717, 1.165) is 11.3 Å². The number of hydrogen-bond donors (Lipinski definition) is 2. The first-order valence-electron chi connectivity index (χ1n) is 7.41. The summed E-state index contributed by atoms with van der Waals surface area (Å²) in [6.07, 6.45) is 1.38. The Labute approximate surface area is 141 Å². The first-order valence-corrected chi connectivity index (χ1v) is 7.41. The Kier molecular flexibility index (Phi) is 6.29. The van der Waals surface area contributed by atoms with Crippen LogP contribution in [0.1, 0.15) is 47.4 Å². The monoisotopic (exact) mass is 339 g/mol. The summed E-state index contributed by atoms with van der Waals surface area (Å²) in [6, 6.07) is 6.71. The van der Waals surface area contributed by atoms with Crippen LogP contribution in [0.25, 0.3) is 0 Å². The van der Waals surface area contributed by atoms with Gasteiger partial charge in [-0.1, -0.05) is 25.5 Å². The Morgan fingerprint density at radius 3 is 2.22 bits per heavy atom. The fraction of sp³-hybridized carbons (Fsp3) is 0.438. The van der Waals surface area contributed by atoms with E-state index >= 15 is 0 Å². The van der Waals surface area contributed by atoms with Crippen LogP contribution in [0.15, 0.2) is 24.3 Å². The van der Waals surface area contributed by atoms with Crippen LogP contribution in [0.2, 0.25) is 0 Å². The molecule has 1 unspecified atom stereocenters. The third-order valence-electron chi connectivity index (χ3n) is 3.79. The molecule has 7 heteroatoms. The first kappa shape index (κ1) is 19.1. The highest BCUT2D eigenvalue weighted by atomic mass is 35.5. The van der Waals surface area contributed by atoms with E-state index < -0.39 is 5.54 Å². The van der Waals surface area contributed by atoms with Gasteiger partial charge in [-0.15, -0.1) is 12.4 Å². The van der Waals surface area contributed by atoms with Crippen molar-refractivity contribution in [3.8, 4) is 0 Å². The second-order valence-electron chi connectivity index (χ2n) is 5.73. The molecular weight excluding hydrogens is 318 g/mol. The molecule has 23 heavy (non-hydrogen) atoms. The summed E-state index contributed by atoms with van der Waals surface area (Å²) in [5.41, 5.74) is 5.82. The van der Waals surface area contributed by atoms with Crippen molar-refractivity contribution >= 4 is 30.1 Å². The average molecular weight is 340 g/mol. The van der Waals surface area contributed by atoms with Gasteiger partial charge in [0.1, 0.15) is 0 Å². The minimum Gasteiger partial charge on any atom is -0.353 e. The molecule has 3 N–H and O–H groups in total. The number of nitrogens with two attached hydrogens (primary N) is 1. The number of hydrogen-bond acceptors (Lipinski definition) is 4. The maximum absolute atomic E-state index is 12.1. The highest BCUT2D eigenvalue weighted by molar-refractivity contribution is 6.21. The molecular formula is C16H22ClN3O3. The molecule has 0 fully saturated rings. The quantitative estimate of drug-likeness (QED) is 0.765. The van der Waals surface area contributed by atoms with Crippen LogP contribution in [0.4, 0.5) is 0 Å². The summed E-state index contributed by atoms with van der Waals surface area (Å²) in [5.74, 6) is -0.913. The second kappa shape index (κ2) is 7.57. The standard InChI is InChI=1S/C16H21N3O3.ClH/c1-3-8-16(2,17)15(22)18-9-10-19-13(20)11-6-4-5-7-12(11)14(19)21;/h4-7H,3,8-10,17H2,1-2H3,(H,18,22);1H. The minimum atomic E-state index is -0.934. The predicted octanol–water partition coefficient (Wildman–Crippen LogP) is 1.34. The number of halogens is 1. The molecule has 0 saturated heterocycles. The number of nitrogens with one attached hydrogen (secondary N) is 1. The fourth-order valence-electron chi connectivity index (χ4n) is 2.56. The van der Waals surface area contributed by atoms with Crippen molar-refractivity contribution in [2.45, 2.75) is 32.2 Å². The number of carbonyl (C=O) groups is 3. The number of nitrogens with zero attached hydrogens (tertiary/aromatic N) is 1. The Morgan fingerprint density at radius 1 is 1.22 bits per heavy atom. The summed E-state index contributed by atoms with van der Waals surface area (Å²) in [4.78, 5) is 37.4. The normalized spacial score (nSPS) is 15.7. The molecule has 1 aromatic rings. The molecule has 0 aliphatic carbocycles. The molecule has 126 valence electrons. The molecule has 6 nitrogen and oxygen atoms in total. The van der Waals surface area contributed by atoms with E-state index in [4.69, 9.17) is 5.73 Å². The number of rotatable bonds is 6. The van der Waals surface area contributed by atoms with Gasteiger partial charge in [-0.05, 0) is 25.5 Å². The van der Waals surface area contributed by atoms with Crippen LogP contribution < -0.4 is 11.1 Å². The van der Waals surface area contributed by atoms with Gasteiger partial charge in [-0.25, -0.2) is 0 Å². The predicted molar refractivity (Wildman–Crippen MR) is 89.6 cm³/mol. The summed E-state index contributed by atoms with van der Waals surface area (Å²) in [7, 11) is 0. The van der Waals surface area contributed by atoms with Crippen molar-refractivity contribution in [1.82, 2.24) is 10.2 Å². The summed E-state index contributed by atoms with van der Waals surface area (Å²) < 4.78 is 0. The van der Waals surface area contributed by atoms with E-state index in [2.05, 4.69) is 5.32 Å². The van der Waals surface area contributed by atoms with Crippen LogP contribution >= 0.6 is 12.4 Å². The van der Waals surface area contributed by atoms with Crippen LogP contribution in [0.3, 0.4) is 0 Å². The van der Waals surface area contributed by atoms with Crippen molar-refractivity contribution in [2.75, 3.05) is 13.1 Å². The van der Waals surface area contributed by atoms with Gasteiger partial charge in [0, 0.05) is 13.1 Å². The smallest absolute Gasteiger partial charge is 0.261 e. The zero-order valence-corrected chi connectivity index (χ0v) is 14.1. The zero-order chi connectivity index (χ0) is 16.3. The zero-order valence-electron chi connectivity index (χ0n) is 13.3. The largest absolute Gasteiger partial charge is 0.353 e. The number of imide groups is 1. The highest BCUT2D eigenvalue weighted by Crippen LogP contribution is 2.21. The number of amides is 3. The Hall–Kier alpha value is -1.92. The lowest BCUT2D eigenvalue weighted by Crippen LogP contribution is -2.52. The van der Waals surface area contributed by atoms with E-state index in [1.54, 1.807) is 31.2 Å². The molecule has 0 bridgehead atoms. The Morgan fingerprint density at radius 2 is 1.74 bits per heavy atom. The third kappa shape index (κ3) is 3.89. The highest BCUT2D eigenvalue weighted by Gasteiger charge is 2.35. The van der Waals surface area contributed by atoms with E-state index in [0.29, 0.717) is 17.5 Å². The molecule has 0 aromatic heterocycles. The molecule has 0 radical (unpaired) electrons. The lowest BCUT2D eigenvalue weighted by molar-refractivity contribution is -0.126. The van der Waals surface area contributed by atoms with Gasteiger partial charge in [0.05, 0.1) is 16.7 Å². The van der Waals surface area contributed by atoms with Gasteiger partial charge in [0.2, 0.25) is 5.91 Å². The SMILES string of the molecule is CCCC(C)(N)C(=O)NCCN1C(=O)c2ccccc2C1=O.Cl. The van der Waals surface area contributed by atoms with Gasteiger partial charge in [-0.2, -0.15) is 0 Å². The molecule has 3 amide bonds. The van der Waals surface area contributed by atoms with Gasteiger partial charge in [-0.3, -0.25) is 19.3 Å². The maximum atomic E-state index is 12.1. The number of benzene rings is 1. The van der Waals surface area contributed by atoms with Crippen LogP contribution in [-0.4, -0.2) is 41.2 Å². The Bertz CT molecular complexity index is 581. The summed E-state index contributed by atoms with van der Waals surface area (Å²) >= 11 is 0. The van der Waals surface area contributed by atoms with E-state index in [-0.39, 0.29) is 43.2 Å².